The Bertz CT molecular complexity index is 875. The quantitative estimate of drug-likeness (QED) is 0.657. The fourth-order valence-electron chi connectivity index (χ4n) is 2.15. The maximum absolute atomic E-state index is 12.1. The number of hydrogen-bond acceptors (Lipinski definition) is 3. The van der Waals surface area contributed by atoms with Crippen LogP contribution in [0.5, 0.6) is 0 Å². The Labute approximate surface area is 140 Å². The van der Waals surface area contributed by atoms with Gasteiger partial charge in [0.05, 0.1) is 12.1 Å². The fourth-order valence-corrected chi connectivity index (χ4v) is 2.55. The molecule has 0 aliphatic carbocycles. The summed E-state index contributed by atoms with van der Waals surface area (Å²) in [5.74, 6) is -0.705. The lowest BCUT2D eigenvalue weighted by molar-refractivity contribution is -0.115. The molecule has 3 aromatic rings. The average molecular weight is 373 g/mol. The zero-order valence-electron chi connectivity index (χ0n) is 12.0. The normalized spacial score (nSPS) is 10.5. The van der Waals surface area contributed by atoms with Crippen LogP contribution in [-0.2, 0) is 4.79 Å². The third kappa shape index (κ3) is 3.57. The maximum atomic E-state index is 12.1. The van der Waals surface area contributed by atoms with Crippen molar-refractivity contribution in [2.45, 2.75) is 0 Å². The summed E-state index contributed by atoms with van der Waals surface area (Å²) in [7, 11) is 0. The molecule has 3 rings (SSSR count). The molecule has 0 atom stereocenters. The molecule has 7 heteroatoms. The zero-order valence-corrected chi connectivity index (χ0v) is 13.6. The lowest BCUT2D eigenvalue weighted by atomic mass is 10.2. The Balaban J connectivity index is 1.61. The van der Waals surface area contributed by atoms with E-state index < -0.39 is 5.91 Å². The first-order valence-corrected chi connectivity index (χ1v) is 7.69. The number of aromatic amines is 1. The number of nitrogens with one attached hydrogen (secondary N) is 3. The molecular formula is C16H13BrN4O2. The number of carbonyl (C=O) groups excluding carboxylic acids is 2. The van der Waals surface area contributed by atoms with Crippen molar-refractivity contribution in [3.8, 4) is 0 Å². The van der Waals surface area contributed by atoms with Gasteiger partial charge in [0.1, 0.15) is 0 Å². The summed E-state index contributed by atoms with van der Waals surface area (Å²) in [6, 6.07) is 14.5. The molecule has 0 unspecified atom stereocenters. The summed E-state index contributed by atoms with van der Waals surface area (Å²) in [4.78, 5) is 24.0. The number of nitrogens with zero attached hydrogens (tertiary/aromatic N) is 1. The van der Waals surface area contributed by atoms with Gasteiger partial charge in [-0.1, -0.05) is 40.2 Å². The van der Waals surface area contributed by atoms with Crippen LogP contribution in [-0.4, -0.2) is 28.6 Å². The van der Waals surface area contributed by atoms with E-state index in [0.29, 0.717) is 5.69 Å². The van der Waals surface area contributed by atoms with E-state index in [1.54, 1.807) is 18.2 Å². The Kier molecular flexibility index (Phi) is 4.38. The molecule has 0 spiro atoms. The van der Waals surface area contributed by atoms with Gasteiger partial charge in [0.2, 0.25) is 5.91 Å². The van der Waals surface area contributed by atoms with Crippen LogP contribution >= 0.6 is 15.9 Å². The number of carbonyl (C=O) groups is 2. The minimum atomic E-state index is -0.396. The highest BCUT2D eigenvalue weighted by molar-refractivity contribution is 9.10. The first-order chi connectivity index (χ1) is 11.1. The monoisotopic (exact) mass is 372 g/mol. The molecule has 0 saturated carbocycles. The van der Waals surface area contributed by atoms with Crippen molar-refractivity contribution in [3.63, 3.8) is 0 Å². The van der Waals surface area contributed by atoms with Crippen LogP contribution in [0.4, 0.5) is 5.69 Å². The Morgan fingerprint density at radius 1 is 1.13 bits per heavy atom. The van der Waals surface area contributed by atoms with Gasteiger partial charge in [0.15, 0.2) is 5.69 Å². The van der Waals surface area contributed by atoms with Gasteiger partial charge < -0.3 is 10.6 Å². The SMILES string of the molecule is O=C(CNC(=O)c1n[nH]c2ccccc12)Nc1cccc(Br)c1. The summed E-state index contributed by atoms with van der Waals surface area (Å²) >= 11 is 3.33. The molecular weight excluding hydrogens is 360 g/mol. The number of halogens is 1. The summed E-state index contributed by atoms with van der Waals surface area (Å²) in [5.41, 5.74) is 1.70. The molecule has 2 amide bonds. The van der Waals surface area contributed by atoms with Crippen molar-refractivity contribution >= 4 is 44.3 Å². The maximum Gasteiger partial charge on any atom is 0.272 e. The highest BCUT2D eigenvalue weighted by atomic mass is 79.9. The number of aromatic nitrogens is 2. The van der Waals surface area contributed by atoms with E-state index in [2.05, 4.69) is 36.8 Å². The van der Waals surface area contributed by atoms with Gasteiger partial charge in [0, 0.05) is 15.5 Å². The molecule has 1 heterocycles. The number of amides is 2. The second-order valence-corrected chi connectivity index (χ2v) is 5.77. The molecule has 0 aliphatic rings. The molecule has 1 aromatic heterocycles. The molecule has 0 bridgehead atoms. The van der Waals surface area contributed by atoms with E-state index >= 15 is 0 Å². The fraction of sp³-hybridized carbons (Fsp3) is 0.0625. The number of H-pyrrole nitrogens is 1. The topological polar surface area (TPSA) is 86.9 Å². The molecule has 3 N–H and O–H groups in total. The van der Waals surface area contributed by atoms with Crippen molar-refractivity contribution < 1.29 is 9.59 Å². The van der Waals surface area contributed by atoms with Crippen molar-refractivity contribution in [2.75, 3.05) is 11.9 Å². The number of benzene rings is 2. The molecule has 2 aromatic carbocycles. The zero-order chi connectivity index (χ0) is 16.2. The number of fused-ring (bicyclic) bond motifs is 1. The van der Waals surface area contributed by atoms with Crippen molar-refractivity contribution in [2.24, 2.45) is 0 Å². The summed E-state index contributed by atoms with van der Waals surface area (Å²) in [5, 5.41) is 12.8. The van der Waals surface area contributed by atoms with Crippen molar-refractivity contribution in [1.29, 1.82) is 0 Å². The minimum Gasteiger partial charge on any atom is -0.342 e. The number of hydrogen-bond donors (Lipinski definition) is 3. The third-order valence-electron chi connectivity index (χ3n) is 3.20. The predicted molar refractivity (Wildman–Crippen MR) is 91.2 cm³/mol. The third-order valence-corrected chi connectivity index (χ3v) is 3.70. The van der Waals surface area contributed by atoms with Crippen molar-refractivity contribution in [3.05, 3.63) is 58.7 Å². The Hall–Kier alpha value is -2.67. The van der Waals surface area contributed by atoms with E-state index in [0.717, 1.165) is 15.4 Å². The van der Waals surface area contributed by atoms with Gasteiger partial charge in [0.25, 0.3) is 5.91 Å². The number of rotatable bonds is 4. The molecule has 23 heavy (non-hydrogen) atoms. The molecule has 116 valence electrons. The molecule has 0 fully saturated rings. The Morgan fingerprint density at radius 3 is 2.78 bits per heavy atom. The molecule has 0 aliphatic heterocycles. The van der Waals surface area contributed by atoms with E-state index in [4.69, 9.17) is 0 Å². The van der Waals surface area contributed by atoms with E-state index in [-0.39, 0.29) is 18.1 Å². The van der Waals surface area contributed by atoms with E-state index in [9.17, 15) is 9.59 Å². The predicted octanol–water partition coefficient (Wildman–Crippen LogP) is 2.69. The summed E-state index contributed by atoms with van der Waals surface area (Å²) in [6.45, 7) is -0.132. The first kappa shape index (κ1) is 15.2. The number of anilines is 1. The number of para-hydroxylation sites is 1. The molecule has 0 saturated heterocycles. The highest BCUT2D eigenvalue weighted by Gasteiger charge is 2.14. The lowest BCUT2D eigenvalue weighted by Gasteiger charge is -2.06. The van der Waals surface area contributed by atoms with Gasteiger partial charge in [-0.2, -0.15) is 5.10 Å². The van der Waals surface area contributed by atoms with E-state index in [1.807, 2.05) is 30.3 Å². The van der Waals surface area contributed by atoms with Crippen LogP contribution in [0.1, 0.15) is 10.5 Å². The van der Waals surface area contributed by atoms with Gasteiger partial charge in [-0.25, -0.2) is 0 Å². The second-order valence-electron chi connectivity index (χ2n) is 4.86. The van der Waals surface area contributed by atoms with Crippen LogP contribution in [0.2, 0.25) is 0 Å². The van der Waals surface area contributed by atoms with Gasteiger partial charge in [-0.15, -0.1) is 0 Å². The largest absolute Gasteiger partial charge is 0.342 e. The molecule has 6 nitrogen and oxygen atoms in total. The van der Waals surface area contributed by atoms with Crippen LogP contribution in [0, 0.1) is 0 Å². The minimum absolute atomic E-state index is 0.132. The standard InChI is InChI=1S/C16H13BrN4O2/c17-10-4-3-5-11(8-10)19-14(22)9-18-16(23)15-12-6-1-2-7-13(12)20-21-15/h1-8H,9H2,(H,18,23)(H,19,22)(H,20,21). The Morgan fingerprint density at radius 2 is 1.96 bits per heavy atom. The lowest BCUT2D eigenvalue weighted by Crippen LogP contribution is -2.33. The van der Waals surface area contributed by atoms with Crippen LogP contribution in [0.3, 0.4) is 0 Å². The van der Waals surface area contributed by atoms with E-state index in [1.165, 1.54) is 0 Å². The van der Waals surface area contributed by atoms with Gasteiger partial charge in [-0.3, -0.25) is 14.7 Å². The highest BCUT2D eigenvalue weighted by Crippen LogP contribution is 2.16. The second kappa shape index (κ2) is 6.62. The molecule has 0 radical (unpaired) electrons. The van der Waals surface area contributed by atoms with Gasteiger partial charge in [-0.05, 0) is 24.3 Å². The summed E-state index contributed by atoms with van der Waals surface area (Å²) < 4.78 is 0.863. The van der Waals surface area contributed by atoms with Crippen molar-refractivity contribution in [1.82, 2.24) is 15.5 Å². The first-order valence-electron chi connectivity index (χ1n) is 6.90. The summed E-state index contributed by atoms with van der Waals surface area (Å²) in [6.07, 6.45) is 0. The van der Waals surface area contributed by atoms with Crippen LogP contribution < -0.4 is 10.6 Å². The smallest absolute Gasteiger partial charge is 0.272 e. The van der Waals surface area contributed by atoms with Gasteiger partial charge >= 0.3 is 0 Å². The van der Waals surface area contributed by atoms with Crippen LogP contribution in [0.25, 0.3) is 10.9 Å². The average Bonchev–Trinajstić information content (AvgIpc) is 2.97. The van der Waals surface area contributed by atoms with Crippen LogP contribution in [0.15, 0.2) is 53.0 Å².